The second kappa shape index (κ2) is 6.48. The van der Waals surface area contributed by atoms with Gasteiger partial charge in [0, 0.05) is 25.2 Å². The largest absolute Gasteiger partial charge is 0.378 e. The monoisotopic (exact) mass is 385 g/mol. The van der Waals surface area contributed by atoms with Gasteiger partial charge in [0.1, 0.15) is 0 Å². The van der Waals surface area contributed by atoms with E-state index >= 15 is 0 Å². The predicted octanol–water partition coefficient (Wildman–Crippen LogP) is 3.54. The van der Waals surface area contributed by atoms with Crippen molar-refractivity contribution in [1.82, 2.24) is 4.31 Å². The molecule has 0 radical (unpaired) electrons. The van der Waals surface area contributed by atoms with E-state index in [2.05, 4.69) is 0 Å². The second-order valence-corrected chi connectivity index (χ2v) is 9.14. The lowest BCUT2D eigenvalue weighted by atomic mass is 10.1. The first-order valence-electron chi connectivity index (χ1n) is 8.26. The van der Waals surface area contributed by atoms with Gasteiger partial charge in [-0.05, 0) is 23.3 Å². The molecule has 26 heavy (non-hydrogen) atoms. The van der Waals surface area contributed by atoms with Gasteiger partial charge >= 0.3 is 0 Å². The minimum absolute atomic E-state index is 0.0253. The number of hydrogen-bond acceptors (Lipinski definition) is 5. The number of anilines is 1. The van der Waals surface area contributed by atoms with Gasteiger partial charge in [0.25, 0.3) is 0 Å². The third-order valence-electron chi connectivity index (χ3n) is 4.45. The van der Waals surface area contributed by atoms with Crippen LogP contribution in [0, 0.1) is 0 Å². The fourth-order valence-corrected chi connectivity index (χ4v) is 6.00. The molecule has 134 valence electrons. The Balaban J connectivity index is 1.68. The van der Waals surface area contributed by atoms with E-state index in [1.165, 1.54) is 16.1 Å². The Morgan fingerprint density at radius 3 is 2.42 bits per heavy atom. The molecule has 0 amide bonds. The van der Waals surface area contributed by atoms with Gasteiger partial charge in [-0.2, -0.15) is 0 Å². The molecule has 7 heteroatoms. The Hall–Kier alpha value is -2.25. The molecule has 0 saturated heterocycles. The summed E-state index contributed by atoms with van der Waals surface area (Å²) in [5, 5.41) is 2.39. The molecule has 2 aromatic carbocycles. The van der Waals surface area contributed by atoms with Crippen molar-refractivity contribution in [3.05, 3.63) is 71.1 Å². The van der Waals surface area contributed by atoms with Crippen molar-refractivity contribution < 1.29 is 8.42 Å². The van der Waals surface area contributed by atoms with Gasteiger partial charge in [0.15, 0.2) is 5.17 Å². The van der Waals surface area contributed by atoms with E-state index in [-0.39, 0.29) is 11.8 Å². The number of fused-ring (bicyclic) bond motifs is 1. The second-order valence-electron chi connectivity index (χ2n) is 6.44. The lowest BCUT2D eigenvalue weighted by molar-refractivity contribution is 0.553. The van der Waals surface area contributed by atoms with Gasteiger partial charge in [0.2, 0.25) is 10.0 Å². The highest BCUT2D eigenvalue weighted by molar-refractivity contribution is 8.18. The molecular weight excluding hydrogens is 366 g/mol. The Labute approximate surface area is 158 Å². The Morgan fingerprint density at radius 1 is 1.08 bits per heavy atom. The molecule has 0 bridgehead atoms. The number of rotatable bonds is 3. The standard InChI is InChI=1S/C19H19N3O2S2/c1-21(2)16-10-8-14(9-11-16)17-13-26(23,24)22-18(12-25-19(22)20-17)15-6-4-3-5-7-15/h3-12,17H,13H2,1-2H3. The molecule has 0 saturated carbocycles. The minimum atomic E-state index is -3.48. The SMILES string of the molecule is CN(C)c1ccc(C2CS(=O)(=O)N3C(c4ccccc4)=CSC3=N2)cc1. The maximum absolute atomic E-state index is 13.0. The van der Waals surface area contributed by atoms with Crippen molar-refractivity contribution in [1.29, 1.82) is 0 Å². The molecule has 1 atom stereocenters. The van der Waals surface area contributed by atoms with Crippen molar-refractivity contribution in [3.63, 3.8) is 0 Å². The highest BCUT2D eigenvalue weighted by Gasteiger charge is 2.40. The average Bonchev–Trinajstić information content (AvgIpc) is 3.07. The zero-order valence-corrected chi connectivity index (χ0v) is 16.2. The first-order chi connectivity index (χ1) is 12.5. The number of thioether (sulfide) groups is 1. The number of benzene rings is 2. The number of amidine groups is 1. The van der Waals surface area contributed by atoms with Crippen LogP contribution in [0.2, 0.25) is 0 Å². The molecule has 0 N–H and O–H groups in total. The van der Waals surface area contributed by atoms with Gasteiger partial charge in [-0.15, -0.1) is 0 Å². The van der Waals surface area contributed by atoms with E-state index in [4.69, 9.17) is 4.99 Å². The predicted molar refractivity (Wildman–Crippen MR) is 109 cm³/mol. The third kappa shape index (κ3) is 3.01. The molecule has 0 aliphatic carbocycles. The van der Waals surface area contributed by atoms with E-state index in [9.17, 15) is 8.42 Å². The van der Waals surface area contributed by atoms with Crippen LogP contribution in [0.25, 0.3) is 5.70 Å². The Bertz CT molecular complexity index is 981. The van der Waals surface area contributed by atoms with E-state index in [1.54, 1.807) is 0 Å². The van der Waals surface area contributed by atoms with Crippen molar-refractivity contribution >= 4 is 38.3 Å². The van der Waals surface area contributed by atoms with Crippen LogP contribution in [0.3, 0.4) is 0 Å². The van der Waals surface area contributed by atoms with E-state index in [0.29, 0.717) is 10.9 Å². The number of sulfonamides is 1. The highest BCUT2D eigenvalue weighted by Crippen LogP contribution is 2.41. The van der Waals surface area contributed by atoms with E-state index < -0.39 is 10.0 Å². The molecule has 0 spiro atoms. The van der Waals surface area contributed by atoms with Crippen LogP contribution in [-0.2, 0) is 10.0 Å². The highest BCUT2D eigenvalue weighted by atomic mass is 32.2. The summed E-state index contributed by atoms with van der Waals surface area (Å²) < 4.78 is 27.4. The fraction of sp³-hybridized carbons (Fsp3) is 0.211. The summed E-state index contributed by atoms with van der Waals surface area (Å²) in [4.78, 5) is 6.73. The molecule has 1 unspecified atom stereocenters. The van der Waals surface area contributed by atoms with Crippen LogP contribution in [0.5, 0.6) is 0 Å². The maximum Gasteiger partial charge on any atom is 0.243 e. The molecule has 2 aromatic rings. The first-order valence-corrected chi connectivity index (χ1v) is 10.7. The summed E-state index contributed by atoms with van der Waals surface area (Å²) in [7, 11) is 0.474. The Morgan fingerprint density at radius 2 is 1.77 bits per heavy atom. The molecule has 5 nitrogen and oxygen atoms in total. The van der Waals surface area contributed by atoms with E-state index in [1.807, 2.05) is 79.0 Å². The molecule has 2 heterocycles. The van der Waals surface area contributed by atoms with Gasteiger partial charge in [-0.3, -0.25) is 4.99 Å². The van der Waals surface area contributed by atoms with Crippen molar-refractivity contribution in [2.24, 2.45) is 4.99 Å². The smallest absolute Gasteiger partial charge is 0.243 e. The maximum atomic E-state index is 13.0. The third-order valence-corrected chi connectivity index (χ3v) is 7.06. The summed E-state index contributed by atoms with van der Waals surface area (Å²) in [6, 6.07) is 17.1. The minimum Gasteiger partial charge on any atom is -0.378 e. The van der Waals surface area contributed by atoms with Crippen molar-refractivity contribution in [3.8, 4) is 0 Å². The molecule has 0 fully saturated rings. The summed E-state index contributed by atoms with van der Waals surface area (Å²) in [6.45, 7) is 0. The zero-order valence-electron chi connectivity index (χ0n) is 14.5. The number of nitrogens with zero attached hydrogens (tertiary/aromatic N) is 3. The van der Waals surface area contributed by atoms with Crippen LogP contribution < -0.4 is 4.90 Å². The zero-order chi connectivity index (χ0) is 18.3. The average molecular weight is 386 g/mol. The number of aliphatic imine (C=N–C) groups is 1. The molecule has 2 aliphatic rings. The van der Waals surface area contributed by atoms with Crippen molar-refractivity contribution in [2.45, 2.75) is 6.04 Å². The van der Waals surface area contributed by atoms with Gasteiger partial charge in [-0.1, -0.05) is 54.2 Å². The first kappa shape index (κ1) is 17.2. The van der Waals surface area contributed by atoms with Crippen LogP contribution >= 0.6 is 11.8 Å². The normalized spacial score (nSPS) is 21.0. The van der Waals surface area contributed by atoms with Crippen molar-refractivity contribution in [2.75, 3.05) is 24.7 Å². The summed E-state index contributed by atoms with van der Waals surface area (Å²) in [5.74, 6) is -0.0253. The van der Waals surface area contributed by atoms with Crippen LogP contribution in [0.15, 0.2) is 65.0 Å². The summed E-state index contributed by atoms with van der Waals surface area (Å²) in [5.41, 5.74) is 3.54. The van der Waals surface area contributed by atoms with Gasteiger partial charge in [0.05, 0.1) is 17.5 Å². The van der Waals surface area contributed by atoms with E-state index in [0.717, 1.165) is 16.8 Å². The van der Waals surface area contributed by atoms with Crippen LogP contribution in [0.4, 0.5) is 5.69 Å². The van der Waals surface area contributed by atoms with Crippen LogP contribution in [-0.4, -0.2) is 37.7 Å². The molecule has 0 aromatic heterocycles. The Kier molecular flexibility index (Phi) is 4.28. The van der Waals surface area contributed by atoms with Gasteiger partial charge in [-0.25, -0.2) is 12.7 Å². The van der Waals surface area contributed by atoms with Gasteiger partial charge < -0.3 is 4.90 Å². The lowest BCUT2D eigenvalue weighted by Crippen LogP contribution is -2.38. The molecule has 2 aliphatic heterocycles. The summed E-state index contributed by atoms with van der Waals surface area (Å²) >= 11 is 1.36. The topological polar surface area (TPSA) is 53.0 Å². The molecular formula is C19H19N3O2S2. The number of hydrogen-bond donors (Lipinski definition) is 0. The summed E-state index contributed by atoms with van der Waals surface area (Å²) in [6.07, 6.45) is 0. The lowest BCUT2D eigenvalue weighted by Gasteiger charge is -2.29. The molecule has 4 rings (SSSR count). The quantitative estimate of drug-likeness (QED) is 0.811. The van der Waals surface area contributed by atoms with Crippen LogP contribution in [0.1, 0.15) is 17.2 Å². The fourth-order valence-electron chi connectivity index (χ4n) is 3.06.